The highest BCUT2D eigenvalue weighted by molar-refractivity contribution is 5.85. The number of rotatable bonds is 38. The number of nitrogens with two attached hydrogens (primary N) is 1. The number of aliphatic hydroxyl groups excluding tert-OH is 1. The van der Waals surface area contributed by atoms with Crippen LogP contribution in [0.15, 0.2) is 0 Å². The van der Waals surface area contributed by atoms with Gasteiger partial charge in [0.25, 0.3) is 0 Å². The van der Waals surface area contributed by atoms with E-state index in [2.05, 4.69) is 13.8 Å². The lowest BCUT2D eigenvalue weighted by atomic mass is 10.0. The second-order valence-corrected chi connectivity index (χ2v) is 13.2. The normalized spacial score (nSPS) is 12.8. The van der Waals surface area contributed by atoms with Crippen LogP contribution in [0.25, 0.3) is 0 Å². The van der Waals surface area contributed by atoms with Crippen LogP contribution < -0.4 is 5.73 Å². The first-order valence-corrected chi connectivity index (χ1v) is 19.4. The first-order chi connectivity index (χ1) is 21.2. The minimum atomic E-state index is -0.608. The van der Waals surface area contributed by atoms with Crippen LogP contribution in [0.4, 0.5) is 0 Å². The minimum absolute atomic E-state index is 0. The Morgan fingerprint density at radius 2 is 0.750 bits per heavy atom. The van der Waals surface area contributed by atoms with Crippen LogP contribution in [0, 0.1) is 0 Å². The number of hydrogen-bond acceptors (Lipinski definition) is 5. The summed E-state index contributed by atoms with van der Waals surface area (Å²) in [6.45, 7) is 7.62. The average molecular weight is 651 g/mol. The molecular weight excluding hydrogens is 570 g/mol. The van der Waals surface area contributed by atoms with Crippen molar-refractivity contribution in [1.29, 1.82) is 0 Å². The molecule has 0 aliphatic heterocycles. The molecule has 2 atom stereocenters. The molecule has 0 spiro atoms. The molecule has 5 nitrogen and oxygen atoms in total. The van der Waals surface area contributed by atoms with E-state index in [0.29, 0.717) is 13.2 Å². The summed E-state index contributed by atoms with van der Waals surface area (Å²) in [5.41, 5.74) is 5.50. The molecule has 0 aromatic carbocycles. The van der Waals surface area contributed by atoms with Crippen molar-refractivity contribution in [2.45, 2.75) is 206 Å². The number of aliphatic hydroxyl groups is 1. The van der Waals surface area contributed by atoms with Gasteiger partial charge in [0.15, 0.2) is 0 Å². The lowest BCUT2D eigenvalue weighted by Gasteiger charge is -2.19. The maximum Gasteiger partial charge on any atom is 0.104 e. The third-order valence-electron chi connectivity index (χ3n) is 8.68. The summed E-state index contributed by atoms with van der Waals surface area (Å²) >= 11 is 0. The summed E-state index contributed by atoms with van der Waals surface area (Å²) < 4.78 is 17.8. The average Bonchev–Trinajstić information content (AvgIpc) is 3.02. The number of ether oxygens (including phenoxy) is 3. The second kappa shape index (κ2) is 41.1. The molecule has 0 saturated heterocycles. The predicted octanol–water partition coefficient (Wildman–Crippen LogP) is 11.1. The standard InChI is InChI=1S/C38H79NO4.ClH/c1-3-5-7-9-11-13-15-17-19-21-23-25-27-29-31-41-35-38(36-42-34-37(40)33-39)43-32-30-28-26-24-22-20-18-16-14-12-10-8-6-4-2;/h37-38,40H,3-36,39H2,1-2H3;1H. The van der Waals surface area contributed by atoms with Gasteiger partial charge in [0, 0.05) is 19.8 Å². The summed E-state index contributed by atoms with van der Waals surface area (Å²) in [6.07, 6.45) is 37.6. The molecule has 0 aromatic rings. The Bertz CT molecular complexity index is 499. The fraction of sp³-hybridized carbons (Fsp3) is 1.00. The molecule has 0 radical (unpaired) electrons. The Kier molecular flexibility index (Phi) is 43.2. The first kappa shape index (κ1) is 46.2. The van der Waals surface area contributed by atoms with Crippen LogP contribution in [-0.2, 0) is 14.2 Å². The van der Waals surface area contributed by atoms with Gasteiger partial charge in [-0.2, -0.15) is 0 Å². The summed E-state index contributed by atoms with van der Waals surface area (Å²) in [5.74, 6) is 0. The molecule has 0 amide bonds. The number of halogens is 1. The Hall–Kier alpha value is 0.0900. The highest BCUT2D eigenvalue weighted by Gasteiger charge is 2.11. The van der Waals surface area contributed by atoms with Gasteiger partial charge in [0.1, 0.15) is 6.10 Å². The third-order valence-corrected chi connectivity index (χ3v) is 8.68. The Morgan fingerprint density at radius 1 is 0.432 bits per heavy atom. The smallest absolute Gasteiger partial charge is 0.104 e. The molecule has 0 fully saturated rings. The molecule has 0 aromatic heterocycles. The van der Waals surface area contributed by atoms with Crippen LogP contribution in [0.3, 0.4) is 0 Å². The van der Waals surface area contributed by atoms with E-state index in [0.717, 1.165) is 26.1 Å². The zero-order valence-corrected chi connectivity index (χ0v) is 30.7. The Balaban J connectivity index is 0. The van der Waals surface area contributed by atoms with E-state index in [1.165, 1.54) is 167 Å². The van der Waals surface area contributed by atoms with Crippen molar-refractivity contribution in [3.63, 3.8) is 0 Å². The quantitative estimate of drug-likeness (QED) is 0.0651. The number of hydrogen-bond donors (Lipinski definition) is 2. The lowest BCUT2D eigenvalue weighted by Crippen LogP contribution is -2.31. The minimum Gasteiger partial charge on any atom is -0.389 e. The van der Waals surface area contributed by atoms with Crippen molar-refractivity contribution in [1.82, 2.24) is 0 Å². The Morgan fingerprint density at radius 3 is 1.11 bits per heavy atom. The summed E-state index contributed by atoms with van der Waals surface area (Å²) in [6, 6.07) is 0. The van der Waals surface area contributed by atoms with Crippen LogP contribution in [0.2, 0.25) is 0 Å². The molecule has 0 saturated carbocycles. The van der Waals surface area contributed by atoms with Crippen molar-refractivity contribution in [3.8, 4) is 0 Å². The molecule has 3 N–H and O–H groups in total. The third kappa shape index (κ3) is 38.3. The van der Waals surface area contributed by atoms with E-state index < -0.39 is 6.10 Å². The van der Waals surface area contributed by atoms with Crippen LogP contribution in [0.1, 0.15) is 194 Å². The molecule has 0 aliphatic carbocycles. The van der Waals surface area contributed by atoms with Gasteiger partial charge in [-0.3, -0.25) is 0 Å². The van der Waals surface area contributed by atoms with Gasteiger partial charge < -0.3 is 25.1 Å². The first-order valence-electron chi connectivity index (χ1n) is 19.4. The zero-order chi connectivity index (χ0) is 31.3. The number of unbranched alkanes of at least 4 members (excludes halogenated alkanes) is 26. The van der Waals surface area contributed by atoms with Crippen molar-refractivity contribution in [2.24, 2.45) is 5.73 Å². The van der Waals surface area contributed by atoms with Gasteiger partial charge in [-0.05, 0) is 12.8 Å². The fourth-order valence-electron chi connectivity index (χ4n) is 5.71. The van der Waals surface area contributed by atoms with Crippen molar-refractivity contribution < 1.29 is 19.3 Å². The molecule has 0 heterocycles. The molecule has 0 bridgehead atoms. The molecular formula is C38H80ClNO4. The van der Waals surface area contributed by atoms with Gasteiger partial charge in [-0.1, -0.05) is 181 Å². The van der Waals surface area contributed by atoms with Crippen LogP contribution >= 0.6 is 12.4 Å². The van der Waals surface area contributed by atoms with Crippen LogP contribution in [-0.4, -0.2) is 56.9 Å². The molecule has 2 unspecified atom stereocenters. The molecule has 0 aliphatic rings. The van der Waals surface area contributed by atoms with Crippen LogP contribution in [0.5, 0.6) is 0 Å². The largest absolute Gasteiger partial charge is 0.389 e. The Labute approximate surface area is 282 Å². The van der Waals surface area contributed by atoms with Crippen molar-refractivity contribution >= 4 is 12.4 Å². The van der Waals surface area contributed by atoms with Gasteiger partial charge >= 0.3 is 0 Å². The van der Waals surface area contributed by atoms with E-state index in [4.69, 9.17) is 19.9 Å². The van der Waals surface area contributed by atoms with Gasteiger partial charge in [-0.25, -0.2) is 0 Å². The lowest BCUT2D eigenvalue weighted by molar-refractivity contribution is -0.0720. The van der Waals surface area contributed by atoms with Gasteiger partial charge in [0.2, 0.25) is 0 Å². The van der Waals surface area contributed by atoms with Gasteiger partial charge in [-0.15, -0.1) is 12.4 Å². The van der Waals surface area contributed by atoms with E-state index in [1.54, 1.807) is 0 Å². The SMILES string of the molecule is CCCCCCCCCCCCCCCCOCC(COCC(O)CN)OCCCCCCCCCCCCCCCC.Cl. The summed E-state index contributed by atoms with van der Waals surface area (Å²) in [4.78, 5) is 0. The van der Waals surface area contributed by atoms with E-state index in [9.17, 15) is 5.11 Å². The van der Waals surface area contributed by atoms with Crippen molar-refractivity contribution in [3.05, 3.63) is 0 Å². The molecule has 6 heteroatoms. The summed E-state index contributed by atoms with van der Waals surface area (Å²) in [5, 5.41) is 9.69. The van der Waals surface area contributed by atoms with E-state index in [-0.39, 0.29) is 31.7 Å². The second-order valence-electron chi connectivity index (χ2n) is 13.2. The maximum absolute atomic E-state index is 9.69. The molecule has 0 rings (SSSR count). The maximum atomic E-state index is 9.69. The predicted molar refractivity (Wildman–Crippen MR) is 194 cm³/mol. The highest BCUT2D eigenvalue weighted by Crippen LogP contribution is 2.14. The van der Waals surface area contributed by atoms with Crippen molar-refractivity contribution in [2.75, 3.05) is 39.6 Å². The monoisotopic (exact) mass is 650 g/mol. The zero-order valence-electron chi connectivity index (χ0n) is 29.9. The molecule has 44 heavy (non-hydrogen) atoms. The topological polar surface area (TPSA) is 73.9 Å². The molecule has 268 valence electrons. The fourth-order valence-corrected chi connectivity index (χ4v) is 5.71. The van der Waals surface area contributed by atoms with Gasteiger partial charge in [0.05, 0.1) is 25.9 Å². The van der Waals surface area contributed by atoms with E-state index >= 15 is 0 Å². The summed E-state index contributed by atoms with van der Waals surface area (Å²) in [7, 11) is 0. The van der Waals surface area contributed by atoms with E-state index in [1.807, 2.05) is 0 Å². The highest BCUT2D eigenvalue weighted by atomic mass is 35.5.